The highest BCUT2D eigenvalue weighted by Gasteiger charge is 2.37. The van der Waals surface area contributed by atoms with Gasteiger partial charge >= 0.3 is 0 Å². The Morgan fingerprint density at radius 1 is 1.57 bits per heavy atom. The Kier molecular flexibility index (Phi) is 4.12. The molecular formula is C8H16ClN3O2. The maximum atomic E-state index is 11.4. The monoisotopic (exact) mass is 221 g/mol. The fourth-order valence-electron chi connectivity index (χ4n) is 2.02. The minimum Gasteiger partial charge on any atom is -0.373 e. The average Bonchev–Trinajstić information content (AvgIpc) is 2.63. The Bertz CT molecular complexity index is 215. The van der Waals surface area contributed by atoms with Crippen LogP contribution in [0.3, 0.4) is 0 Å². The summed E-state index contributed by atoms with van der Waals surface area (Å²) >= 11 is 0. The van der Waals surface area contributed by atoms with E-state index in [4.69, 9.17) is 10.5 Å². The van der Waals surface area contributed by atoms with E-state index in [1.807, 2.05) is 4.90 Å². The van der Waals surface area contributed by atoms with Crippen LogP contribution in [0.2, 0.25) is 0 Å². The first kappa shape index (κ1) is 11.7. The average molecular weight is 222 g/mol. The molecule has 0 spiro atoms. The number of carbonyl (C=O) groups is 1. The van der Waals surface area contributed by atoms with E-state index in [1.54, 1.807) is 0 Å². The summed E-state index contributed by atoms with van der Waals surface area (Å²) in [5, 5.41) is 3.21. The molecular weight excluding hydrogens is 206 g/mol. The summed E-state index contributed by atoms with van der Waals surface area (Å²) in [5.74, 6) is 0.0296. The number of morpholine rings is 1. The number of nitrogens with two attached hydrogens (primary N) is 1. The van der Waals surface area contributed by atoms with Crippen molar-refractivity contribution in [2.75, 3.05) is 32.8 Å². The van der Waals surface area contributed by atoms with Crippen LogP contribution in [0.1, 0.15) is 0 Å². The molecule has 0 saturated carbocycles. The third kappa shape index (κ3) is 2.00. The molecule has 5 nitrogen and oxygen atoms in total. The first-order valence-corrected chi connectivity index (χ1v) is 4.65. The van der Waals surface area contributed by atoms with Crippen LogP contribution in [0.25, 0.3) is 0 Å². The zero-order chi connectivity index (χ0) is 9.26. The molecule has 2 fully saturated rings. The Hall–Kier alpha value is -0.360. The maximum Gasteiger partial charge on any atom is 0.236 e. The van der Waals surface area contributed by atoms with Crippen LogP contribution in [0, 0.1) is 0 Å². The molecule has 0 aliphatic carbocycles. The molecule has 0 radical (unpaired) electrons. The van der Waals surface area contributed by atoms with Gasteiger partial charge in [0.2, 0.25) is 5.91 Å². The smallest absolute Gasteiger partial charge is 0.236 e. The van der Waals surface area contributed by atoms with Gasteiger partial charge in [-0.2, -0.15) is 0 Å². The van der Waals surface area contributed by atoms with Gasteiger partial charge in [0, 0.05) is 19.6 Å². The number of fused-ring (bicyclic) bond motifs is 1. The van der Waals surface area contributed by atoms with E-state index >= 15 is 0 Å². The van der Waals surface area contributed by atoms with Crippen LogP contribution in [-0.4, -0.2) is 55.7 Å². The fraction of sp³-hybridized carbons (Fsp3) is 0.875. The molecule has 2 atom stereocenters. The largest absolute Gasteiger partial charge is 0.373 e. The zero-order valence-corrected chi connectivity index (χ0v) is 8.76. The lowest BCUT2D eigenvalue weighted by molar-refractivity contribution is -0.141. The minimum absolute atomic E-state index is 0. The summed E-state index contributed by atoms with van der Waals surface area (Å²) in [5.41, 5.74) is 5.33. The van der Waals surface area contributed by atoms with Crippen molar-refractivity contribution < 1.29 is 9.53 Å². The Balaban J connectivity index is 0.000000980. The molecule has 2 heterocycles. The molecule has 2 saturated heterocycles. The molecule has 0 bridgehead atoms. The third-order valence-electron chi connectivity index (χ3n) is 2.69. The van der Waals surface area contributed by atoms with E-state index in [1.165, 1.54) is 0 Å². The first-order valence-electron chi connectivity index (χ1n) is 4.65. The predicted octanol–water partition coefficient (Wildman–Crippen LogP) is -1.43. The van der Waals surface area contributed by atoms with E-state index in [9.17, 15) is 4.79 Å². The van der Waals surface area contributed by atoms with Crippen molar-refractivity contribution in [2.45, 2.75) is 12.1 Å². The van der Waals surface area contributed by atoms with Crippen molar-refractivity contribution in [3.05, 3.63) is 0 Å². The van der Waals surface area contributed by atoms with Gasteiger partial charge in [0.1, 0.15) is 0 Å². The van der Waals surface area contributed by atoms with Crippen LogP contribution < -0.4 is 11.1 Å². The number of hydrogen-bond acceptors (Lipinski definition) is 4. The van der Waals surface area contributed by atoms with Gasteiger partial charge in [-0.15, -0.1) is 12.4 Å². The normalized spacial score (nSPS) is 30.8. The lowest BCUT2D eigenvalue weighted by atomic mass is 10.1. The molecule has 0 aromatic carbocycles. The number of amides is 1. The minimum atomic E-state index is 0. The van der Waals surface area contributed by atoms with E-state index < -0.39 is 0 Å². The van der Waals surface area contributed by atoms with E-state index in [0.29, 0.717) is 13.2 Å². The van der Waals surface area contributed by atoms with Gasteiger partial charge in [0.15, 0.2) is 0 Å². The van der Waals surface area contributed by atoms with Gasteiger partial charge in [-0.1, -0.05) is 0 Å². The number of hydrogen-bond donors (Lipinski definition) is 2. The number of nitrogens with zero attached hydrogens (tertiary/aromatic N) is 1. The summed E-state index contributed by atoms with van der Waals surface area (Å²) in [6.07, 6.45) is 0.171. The van der Waals surface area contributed by atoms with Crippen molar-refractivity contribution in [3.8, 4) is 0 Å². The molecule has 0 aromatic heterocycles. The van der Waals surface area contributed by atoms with Gasteiger partial charge in [-0.05, 0) is 0 Å². The molecule has 3 N–H and O–H groups in total. The second kappa shape index (κ2) is 4.93. The predicted molar refractivity (Wildman–Crippen MR) is 54.4 cm³/mol. The number of halogens is 1. The summed E-state index contributed by atoms with van der Waals surface area (Å²) in [6.45, 7) is 3.09. The van der Waals surface area contributed by atoms with Crippen molar-refractivity contribution in [3.63, 3.8) is 0 Å². The number of nitrogens with one attached hydrogen (secondary N) is 1. The van der Waals surface area contributed by atoms with Crippen LogP contribution in [0.5, 0.6) is 0 Å². The summed E-state index contributed by atoms with van der Waals surface area (Å²) in [6, 6.07) is 0.199. The van der Waals surface area contributed by atoms with Gasteiger partial charge in [0.25, 0.3) is 0 Å². The molecule has 2 unspecified atom stereocenters. The maximum absolute atomic E-state index is 11.4. The van der Waals surface area contributed by atoms with Crippen molar-refractivity contribution in [1.82, 2.24) is 10.2 Å². The summed E-state index contributed by atoms with van der Waals surface area (Å²) in [4.78, 5) is 13.3. The van der Waals surface area contributed by atoms with Gasteiger partial charge < -0.3 is 20.7 Å². The van der Waals surface area contributed by atoms with E-state index in [0.717, 1.165) is 13.1 Å². The topological polar surface area (TPSA) is 67.6 Å². The quantitative estimate of drug-likeness (QED) is 0.570. The number of carbonyl (C=O) groups excluding carboxylic acids is 1. The van der Waals surface area contributed by atoms with Crippen molar-refractivity contribution in [2.24, 2.45) is 5.73 Å². The van der Waals surface area contributed by atoms with Crippen LogP contribution in [-0.2, 0) is 9.53 Å². The van der Waals surface area contributed by atoms with Crippen molar-refractivity contribution in [1.29, 1.82) is 0 Å². The highest BCUT2D eigenvalue weighted by Crippen LogP contribution is 2.17. The standard InChI is InChI=1S/C8H15N3O2.ClH/c9-3-8(12)11-1-2-13-7-5-10-4-6(7)11;/h6-7,10H,1-5,9H2;1H. The molecule has 82 valence electrons. The molecule has 2 aliphatic heterocycles. The Morgan fingerprint density at radius 2 is 2.36 bits per heavy atom. The SMILES string of the molecule is Cl.NCC(=O)N1CCOC2CNCC21. The molecule has 14 heavy (non-hydrogen) atoms. The Morgan fingerprint density at radius 3 is 3.07 bits per heavy atom. The summed E-state index contributed by atoms with van der Waals surface area (Å²) in [7, 11) is 0. The van der Waals surface area contributed by atoms with Crippen LogP contribution >= 0.6 is 12.4 Å². The van der Waals surface area contributed by atoms with Crippen LogP contribution in [0.15, 0.2) is 0 Å². The van der Waals surface area contributed by atoms with E-state index in [-0.39, 0.29) is 37.0 Å². The van der Waals surface area contributed by atoms with Gasteiger partial charge in [0.05, 0.1) is 25.3 Å². The zero-order valence-electron chi connectivity index (χ0n) is 7.94. The van der Waals surface area contributed by atoms with Crippen LogP contribution in [0.4, 0.5) is 0 Å². The molecule has 2 aliphatic rings. The first-order chi connectivity index (χ1) is 6.33. The number of ether oxygens (including phenoxy) is 1. The molecule has 1 amide bonds. The molecule has 6 heteroatoms. The van der Waals surface area contributed by atoms with Gasteiger partial charge in [-0.25, -0.2) is 0 Å². The van der Waals surface area contributed by atoms with Crippen molar-refractivity contribution >= 4 is 18.3 Å². The highest BCUT2D eigenvalue weighted by atomic mass is 35.5. The van der Waals surface area contributed by atoms with E-state index in [2.05, 4.69) is 5.32 Å². The fourth-order valence-corrected chi connectivity index (χ4v) is 2.02. The second-order valence-corrected chi connectivity index (χ2v) is 3.43. The number of rotatable bonds is 1. The molecule has 0 aromatic rings. The summed E-state index contributed by atoms with van der Waals surface area (Å²) < 4.78 is 5.53. The van der Waals surface area contributed by atoms with Gasteiger partial charge in [-0.3, -0.25) is 4.79 Å². The second-order valence-electron chi connectivity index (χ2n) is 3.43. The highest BCUT2D eigenvalue weighted by molar-refractivity contribution is 5.85. The lowest BCUT2D eigenvalue weighted by Gasteiger charge is -2.36. The third-order valence-corrected chi connectivity index (χ3v) is 2.69. The Labute approximate surface area is 89.4 Å². The lowest BCUT2D eigenvalue weighted by Crippen LogP contribution is -2.54. The molecule has 2 rings (SSSR count).